The number of primary amides is 1. The lowest BCUT2D eigenvalue weighted by Gasteiger charge is -2.32. The molecule has 1 aromatic carbocycles. The van der Waals surface area contributed by atoms with Crippen molar-refractivity contribution in [3.05, 3.63) is 51.5 Å². The molecule has 2 aromatic rings. The van der Waals surface area contributed by atoms with Crippen LogP contribution in [0.2, 0.25) is 0 Å². The highest BCUT2D eigenvalue weighted by Gasteiger charge is 2.27. The van der Waals surface area contributed by atoms with E-state index in [1.54, 1.807) is 29.5 Å². The number of carbonyl (C=O) groups excluding carboxylic acids is 2. The van der Waals surface area contributed by atoms with Gasteiger partial charge in [0, 0.05) is 35.6 Å². The largest absolute Gasteiger partial charge is 0.366 e. The van der Waals surface area contributed by atoms with Crippen molar-refractivity contribution >= 4 is 23.2 Å². The molecule has 0 bridgehead atoms. The topological polar surface area (TPSA) is 76.3 Å². The average Bonchev–Trinajstić information content (AvgIpc) is 3.02. The second-order valence-electron chi connectivity index (χ2n) is 6.20. The molecule has 1 atom stereocenters. The molecule has 2 N–H and O–H groups in total. The fourth-order valence-electron chi connectivity index (χ4n) is 3.15. The lowest BCUT2D eigenvalue weighted by molar-refractivity contribution is -0.131. The highest BCUT2D eigenvalue weighted by molar-refractivity contribution is 7.09. The van der Waals surface area contributed by atoms with Crippen molar-refractivity contribution in [2.75, 3.05) is 13.1 Å². The normalized spacial score (nSPS) is 17.7. The number of nitrogens with zero attached hydrogens (tertiary/aromatic N) is 2. The van der Waals surface area contributed by atoms with Gasteiger partial charge < -0.3 is 10.6 Å². The molecule has 1 unspecified atom stereocenters. The Hall–Kier alpha value is -2.21. The molecule has 5 nitrogen and oxygen atoms in total. The monoisotopic (exact) mass is 343 g/mol. The second-order valence-corrected chi connectivity index (χ2v) is 7.09. The van der Waals surface area contributed by atoms with Crippen molar-refractivity contribution in [3.8, 4) is 0 Å². The van der Waals surface area contributed by atoms with Crippen molar-refractivity contribution in [1.82, 2.24) is 9.88 Å². The third-order valence-electron chi connectivity index (χ3n) is 4.38. The fraction of sp³-hybridized carbons (Fsp3) is 0.389. The van der Waals surface area contributed by atoms with Crippen molar-refractivity contribution in [2.24, 2.45) is 5.73 Å². The number of nitrogens with two attached hydrogens (primary N) is 1. The van der Waals surface area contributed by atoms with Crippen molar-refractivity contribution < 1.29 is 9.59 Å². The standard InChI is InChI=1S/C18H21N3O2S/c1-12-11-24-18(20-12)14-6-4-8-21(10-14)16(22)9-13-5-2-3-7-15(13)17(19)23/h2-3,5,7,11,14H,4,6,8-10H2,1H3,(H2,19,23). The quantitative estimate of drug-likeness (QED) is 0.926. The molecule has 1 aliphatic heterocycles. The van der Waals surface area contributed by atoms with Crippen LogP contribution in [-0.2, 0) is 11.2 Å². The molecule has 1 fully saturated rings. The summed E-state index contributed by atoms with van der Waals surface area (Å²) >= 11 is 1.67. The molecule has 3 rings (SSSR count). The Morgan fingerprint density at radius 3 is 2.88 bits per heavy atom. The molecule has 0 radical (unpaired) electrons. The number of hydrogen-bond donors (Lipinski definition) is 1. The Balaban J connectivity index is 1.70. The van der Waals surface area contributed by atoms with Gasteiger partial charge in [-0.25, -0.2) is 4.98 Å². The first-order valence-electron chi connectivity index (χ1n) is 8.12. The molecule has 1 aromatic heterocycles. The van der Waals surface area contributed by atoms with E-state index in [0.29, 0.717) is 23.6 Å². The van der Waals surface area contributed by atoms with Gasteiger partial charge in [-0.3, -0.25) is 9.59 Å². The van der Waals surface area contributed by atoms with Gasteiger partial charge in [-0.15, -0.1) is 11.3 Å². The summed E-state index contributed by atoms with van der Waals surface area (Å²) in [5.41, 5.74) is 7.56. The average molecular weight is 343 g/mol. The Kier molecular flexibility index (Phi) is 4.94. The first-order valence-corrected chi connectivity index (χ1v) is 9.00. The van der Waals surface area contributed by atoms with E-state index in [0.717, 1.165) is 30.1 Å². The lowest BCUT2D eigenvalue weighted by atomic mass is 9.97. The van der Waals surface area contributed by atoms with Gasteiger partial charge in [0.25, 0.3) is 0 Å². The van der Waals surface area contributed by atoms with Crippen LogP contribution in [0.5, 0.6) is 0 Å². The van der Waals surface area contributed by atoms with Crippen LogP contribution in [0.25, 0.3) is 0 Å². The van der Waals surface area contributed by atoms with Crippen LogP contribution < -0.4 is 5.73 Å². The van der Waals surface area contributed by atoms with Crippen LogP contribution in [0.1, 0.15) is 45.4 Å². The van der Waals surface area contributed by atoms with Crippen LogP contribution >= 0.6 is 11.3 Å². The number of hydrogen-bond acceptors (Lipinski definition) is 4. The van der Waals surface area contributed by atoms with E-state index in [4.69, 9.17) is 5.73 Å². The van der Waals surface area contributed by atoms with E-state index in [1.807, 2.05) is 17.9 Å². The van der Waals surface area contributed by atoms with E-state index >= 15 is 0 Å². The molecule has 0 aliphatic carbocycles. The van der Waals surface area contributed by atoms with E-state index in [2.05, 4.69) is 10.4 Å². The summed E-state index contributed by atoms with van der Waals surface area (Å²) < 4.78 is 0. The van der Waals surface area contributed by atoms with Crippen molar-refractivity contribution in [1.29, 1.82) is 0 Å². The van der Waals surface area contributed by atoms with Gasteiger partial charge in [-0.2, -0.15) is 0 Å². The third-order valence-corrected chi connectivity index (χ3v) is 5.51. The third kappa shape index (κ3) is 3.64. The predicted molar refractivity (Wildman–Crippen MR) is 94.1 cm³/mol. The Morgan fingerprint density at radius 2 is 2.17 bits per heavy atom. The number of carbonyl (C=O) groups is 2. The van der Waals surface area contributed by atoms with E-state index in [1.165, 1.54) is 0 Å². The number of rotatable bonds is 4. The maximum absolute atomic E-state index is 12.7. The zero-order chi connectivity index (χ0) is 17.1. The van der Waals surface area contributed by atoms with Crippen LogP contribution in [0.3, 0.4) is 0 Å². The molecular formula is C18H21N3O2S. The van der Waals surface area contributed by atoms with Gasteiger partial charge in [0.2, 0.25) is 11.8 Å². The smallest absolute Gasteiger partial charge is 0.248 e. The number of benzene rings is 1. The van der Waals surface area contributed by atoms with Crippen molar-refractivity contribution in [2.45, 2.75) is 32.1 Å². The Morgan fingerprint density at radius 1 is 1.38 bits per heavy atom. The maximum atomic E-state index is 12.7. The molecule has 2 amide bonds. The first kappa shape index (κ1) is 16.6. The number of aromatic nitrogens is 1. The molecule has 2 heterocycles. The molecule has 6 heteroatoms. The van der Waals surface area contributed by atoms with Crippen LogP contribution in [0, 0.1) is 6.92 Å². The van der Waals surface area contributed by atoms with Gasteiger partial charge in [0.15, 0.2) is 0 Å². The number of aryl methyl sites for hydroxylation is 1. The van der Waals surface area contributed by atoms with Gasteiger partial charge in [-0.1, -0.05) is 18.2 Å². The molecule has 0 saturated carbocycles. The fourth-order valence-corrected chi connectivity index (χ4v) is 4.08. The molecule has 126 valence electrons. The van der Waals surface area contributed by atoms with Gasteiger partial charge in [0.05, 0.1) is 11.4 Å². The second kappa shape index (κ2) is 7.13. The van der Waals surface area contributed by atoms with Crippen LogP contribution in [0.4, 0.5) is 0 Å². The molecule has 1 aliphatic rings. The summed E-state index contributed by atoms with van der Waals surface area (Å²) in [7, 11) is 0. The van der Waals surface area contributed by atoms with Gasteiger partial charge in [0.1, 0.15) is 0 Å². The van der Waals surface area contributed by atoms with E-state index < -0.39 is 5.91 Å². The molecule has 0 spiro atoms. The summed E-state index contributed by atoms with van der Waals surface area (Å²) in [5, 5.41) is 3.17. The number of thiazole rings is 1. The Bertz CT molecular complexity index is 756. The molecule has 24 heavy (non-hydrogen) atoms. The van der Waals surface area contributed by atoms with Crippen LogP contribution in [-0.4, -0.2) is 34.8 Å². The predicted octanol–water partition coefficient (Wildman–Crippen LogP) is 2.50. The zero-order valence-electron chi connectivity index (χ0n) is 13.7. The summed E-state index contributed by atoms with van der Waals surface area (Å²) in [5.74, 6) is -0.136. The molecule has 1 saturated heterocycles. The van der Waals surface area contributed by atoms with Gasteiger partial charge >= 0.3 is 0 Å². The zero-order valence-corrected chi connectivity index (χ0v) is 14.5. The maximum Gasteiger partial charge on any atom is 0.248 e. The number of likely N-dealkylation sites (tertiary alicyclic amines) is 1. The molecular weight excluding hydrogens is 322 g/mol. The number of piperidine rings is 1. The minimum atomic E-state index is -0.492. The summed E-state index contributed by atoms with van der Waals surface area (Å²) in [6.45, 7) is 3.45. The van der Waals surface area contributed by atoms with E-state index in [9.17, 15) is 9.59 Å². The summed E-state index contributed by atoms with van der Waals surface area (Å²) in [6.07, 6.45) is 2.25. The van der Waals surface area contributed by atoms with Gasteiger partial charge in [-0.05, 0) is 31.4 Å². The highest BCUT2D eigenvalue weighted by atomic mass is 32.1. The minimum absolute atomic E-state index is 0.0432. The number of amides is 2. The highest BCUT2D eigenvalue weighted by Crippen LogP contribution is 2.29. The summed E-state index contributed by atoms with van der Waals surface area (Å²) in [4.78, 5) is 30.7. The summed E-state index contributed by atoms with van der Waals surface area (Å²) in [6, 6.07) is 7.05. The Labute approximate surface area is 145 Å². The van der Waals surface area contributed by atoms with Crippen LogP contribution in [0.15, 0.2) is 29.6 Å². The SMILES string of the molecule is Cc1csc(C2CCCN(C(=O)Cc3ccccc3C(N)=O)C2)n1. The van der Waals surface area contributed by atoms with E-state index in [-0.39, 0.29) is 12.3 Å². The van der Waals surface area contributed by atoms with Crippen molar-refractivity contribution in [3.63, 3.8) is 0 Å². The first-order chi connectivity index (χ1) is 11.5. The minimum Gasteiger partial charge on any atom is -0.366 e. The lowest BCUT2D eigenvalue weighted by Crippen LogP contribution is -2.40.